The van der Waals surface area contributed by atoms with Crippen molar-refractivity contribution >= 4 is 11.9 Å². The summed E-state index contributed by atoms with van der Waals surface area (Å²) in [6, 6.07) is 9.30. The van der Waals surface area contributed by atoms with Crippen LogP contribution in [0.5, 0.6) is 0 Å². The van der Waals surface area contributed by atoms with Crippen LogP contribution in [0.3, 0.4) is 0 Å². The summed E-state index contributed by atoms with van der Waals surface area (Å²) in [6.07, 6.45) is -4.13. The first-order valence-electron chi connectivity index (χ1n) is 6.44. The Kier molecular flexibility index (Phi) is 6.60. The van der Waals surface area contributed by atoms with Gasteiger partial charge in [-0.1, -0.05) is 12.0 Å². The van der Waals surface area contributed by atoms with Crippen molar-refractivity contribution in [3.8, 4) is 11.8 Å². The number of benzene rings is 1. The molecule has 7 heteroatoms. The Bertz CT molecular complexity index is 809. The molecule has 0 spiro atoms. The minimum Gasteiger partial charge on any atom is -0.277 e. The highest BCUT2D eigenvalue weighted by Gasteiger charge is 2.29. The zero-order chi connectivity index (χ0) is 18.2. The van der Waals surface area contributed by atoms with Crippen molar-refractivity contribution < 1.29 is 27.6 Å². The number of nitrogens with zero attached hydrogens (tertiary/aromatic N) is 1. The number of rotatable bonds is 1. The van der Waals surface area contributed by atoms with Gasteiger partial charge in [0.15, 0.2) is 0 Å². The van der Waals surface area contributed by atoms with E-state index in [1.54, 1.807) is 19.1 Å². The van der Waals surface area contributed by atoms with Gasteiger partial charge in [-0.2, -0.15) is 22.8 Å². The second-order valence-corrected chi connectivity index (χ2v) is 4.40. The molecule has 0 radical (unpaired) electrons. The first kappa shape index (κ1) is 18.8. The number of ketones is 1. The number of alkyl halides is 3. The van der Waals surface area contributed by atoms with Crippen LogP contribution in [0.2, 0.25) is 0 Å². The fourth-order valence-electron chi connectivity index (χ4n) is 1.61. The number of halogens is 3. The molecule has 0 amide bonds. The van der Waals surface area contributed by atoms with Crippen LogP contribution >= 0.6 is 0 Å². The normalized spacial score (nSPS) is 9.67. The third-order valence-corrected chi connectivity index (χ3v) is 2.65. The maximum absolute atomic E-state index is 12.4. The Hall–Kier alpha value is -3.23. The molecule has 0 bridgehead atoms. The highest BCUT2D eigenvalue weighted by molar-refractivity contribution is 6.08. The minimum atomic E-state index is -4.38. The third kappa shape index (κ3) is 5.87. The van der Waals surface area contributed by atoms with E-state index >= 15 is 0 Å². The van der Waals surface area contributed by atoms with E-state index in [1.807, 2.05) is 0 Å². The summed E-state index contributed by atoms with van der Waals surface area (Å²) in [5.74, 6) is 4.43. The van der Waals surface area contributed by atoms with Gasteiger partial charge < -0.3 is 0 Å². The first-order valence-corrected chi connectivity index (χ1v) is 6.44. The van der Waals surface area contributed by atoms with E-state index in [0.717, 1.165) is 12.1 Å². The van der Waals surface area contributed by atoms with E-state index in [-0.39, 0.29) is 11.8 Å². The molecule has 0 aliphatic heterocycles. The lowest BCUT2D eigenvalue weighted by molar-refractivity contribution is -0.191. The zero-order valence-electron chi connectivity index (χ0n) is 12.3. The van der Waals surface area contributed by atoms with Gasteiger partial charge in [0.2, 0.25) is 0 Å². The predicted octanol–water partition coefficient (Wildman–Crippen LogP) is 3.06. The van der Waals surface area contributed by atoms with E-state index in [0.29, 0.717) is 11.3 Å². The summed E-state index contributed by atoms with van der Waals surface area (Å²) in [5, 5.41) is 0. The van der Waals surface area contributed by atoms with E-state index in [1.165, 1.54) is 18.2 Å². The number of hydrogen-bond acceptors (Lipinski definition) is 4. The van der Waals surface area contributed by atoms with Crippen LogP contribution in [0.1, 0.15) is 27.3 Å². The van der Waals surface area contributed by atoms with Gasteiger partial charge in [0, 0.05) is 11.3 Å². The van der Waals surface area contributed by atoms with Crippen LogP contribution in [0.4, 0.5) is 13.2 Å². The quantitative estimate of drug-likeness (QED) is 0.594. The monoisotopic (exact) mass is 333 g/mol. The van der Waals surface area contributed by atoms with Crippen LogP contribution in [-0.2, 0) is 15.8 Å². The highest BCUT2D eigenvalue weighted by Crippen LogP contribution is 2.28. The minimum absolute atomic E-state index is 0.217. The molecule has 4 nitrogen and oxygen atoms in total. The van der Waals surface area contributed by atoms with E-state index in [2.05, 4.69) is 16.8 Å². The number of Topliss-reactive ketones (excluding diaryl/α,β-unsaturated/α-hetero) is 1. The average Bonchev–Trinajstić information content (AvgIpc) is 2.53. The lowest BCUT2D eigenvalue weighted by Crippen LogP contribution is -2.04. The molecule has 0 saturated carbocycles. The summed E-state index contributed by atoms with van der Waals surface area (Å²) >= 11 is 0. The van der Waals surface area contributed by atoms with Gasteiger partial charge in [-0.3, -0.25) is 4.79 Å². The van der Waals surface area contributed by atoms with Crippen LogP contribution in [0, 0.1) is 18.8 Å². The van der Waals surface area contributed by atoms with Crippen molar-refractivity contribution in [2.75, 3.05) is 0 Å². The molecule has 0 N–H and O–H groups in total. The Morgan fingerprint density at radius 2 is 1.62 bits per heavy atom. The molecule has 2 rings (SSSR count). The first-order chi connectivity index (χ1) is 11.3. The number of hydrogen-bond donors (Lipinski definition) is 0. The summed E-state index contributed by atoms with van der Waals surface area (Å²) in [6.45, 7) is 1.75. The topological polar surface area (TPSA) is 64.1 Å². The zero-order valence-corrected chi connectivity index (χ0v) is 12.3. The van der Waals surface area contributed by atoms with Crippen molar-refractivity contribution in [3.05, 3.63) is 65.0 Å². The van der Waals surface area contributed by atoms with Crippen molar-refractivity contribution in [2.24, 2.45) is 0 Å². The Morgan fingerprint density at radius 1 is 1.04 bits per heavy atom. The standard InChI is InChI=1S/C16H10F3NO.CO2/c1-11-3-2-4-14(20-11)15(21)10-7-12-5-8-13(9-6-12)16(17,18)19;2-1-3/h2-6,8-9H,1H3;. The second kappa shape index (κ2) is 8.42. The number of aromatic nitrogens is 1. The predicted molar refractivity (Wildman–Crippen MR) is 76.6 cm³/mol. The van der Waals surface area contributed by atoms with Crippen LogP contribution in [0.15, 0.2) is 42.5 Å². The molecule has 0 aliphatic carbocycles. The number of aryl methyl sites for hydroxylation is 1. The van der Waals surface area contributed by atoms with E-state index < -0.39 is 17.5 Å². The largest absolute Gasteiger partial charge is 0.416 e. The molecule has 0 saturated heterocycles. The Balaban J connectivity index is 0.000000891. The summed E-state index contributed by atoms with van der Waals surface area (Å²) < 4.78 is 37.2. The molecule has 1 heterocycles. The molecule has 0 fully saturated rings. The number of carbonyl (C=O) groups excluding carboxylic acids is 3. The van der Waals surface area contributed by atoms with Crippen LogP contribution in [-0.4, -0.2) is 16.9 Å². The van der Waals surface area contributed by atoms with Gasteiger partial charge in [-0.15, -0.1) is 0 Å². The van der Waals surface area contributed by atoms with Gasteiger partial charge in [-0.05, 0) is 49.2 Å². The van der Waals surface area contributed by atoms with E-state index in [9.17, 15) is 18.0 Å². The van der Waals surface area contributed by atoms with Gasteiger partial charge >= 0.3 is 12.3 Å². The average molecular weight is 333 g/mol. The number of carbonyl (C=O) groups is 1. The van der Waals surface area contributed by atoms with E-state index in [4.69, 9.17) is 9.59 Å². The lowest BCUT2D eigenvalue weighted by atomic mass is 10.1. The molecule has 1 aromatic carbocycles. The van der Waals surface area contributed by atoms with Gasteiger partial charge in [-0.25, -0.2) is 4.98 Å². The maximum Gasteiger partial charge on any atom is 0.416 e. The lowest BCUT2D eigenvalue weighted by Gasteiger charge is -2.05. The third-order valence-electron chi connectivity index (χ3n) is 2.65. The summed E-state index contributed by atoms with van der Waals surface area (Å²) in [7, 11) is 0. The molecule has 0 unspecified atom stereocenters. The fourth-order valence-corrected chi connectivity index (χ4v) is 1.61. The fraction of sp³-hybridized carbons (Fsp3) is 0.118. The number of pyridine rings is 1. The van der Waals surface area contributed by atoms with Crippen molar-refractivity contribution in [3.63, 3.8) is 0 Å². The van der Waals surface area contributed by atoms with Gasteiger partial charge in [0.05, 0.1) is 5.56 Å². The molecule has 24 heavy (non-hydrogen) atoms. The second-order valence-electron chi connectivity index (χ2n) is 4.40. The summed E-state index contributed by atoms with van der Waals surface area (Å²) in [5.41, 5.74) is 0.496. The van der Waals surface area contributed by atoms with Gasteiger partial charge in [0.1, 0.15) is 5.69 Å². The molecule has 0 atom stereocenters. The van der Waals surface area contributed by atoms with Crippen molar-refractivity contribution in [2.45, 2.75) is 13.1 Å². The van der Waals surface area contributed by atoms with Crippen molar-refractivity contribution in [1.29, 1.82) is 0 Å². The Labute approximate surface area is 135 Å². The maximum atomic E-state index is 12.4. The van der Waals surface area contributed by atoms with Crippen LogP contribution in [0.25, 0.3) is 0 Å². The highest BCUT2D eigenvalue weighted by atomic mass is 19.4. The molecule has 2 aromatic rings. The van der Waals surface area contributed by atoms with Crippen molar-refractivity contribution in [1.82, 2.24) is 4.98 Å². The molecular weight excluding hydrogens is 323 g/mol. The SMILES string of the molecule is Cc1cccc(C(=O)C#Cc2ccc(C(F)(F)F)cc2)n1.O=C=O. The smallest absolute Gasteiger partial charge is 0.277 e. The molecule has 1 aromatic heterocycles. The Morgan fingerprint density at radius 3 is 2.12 bits per heavy atom. The van der Waals surface area contributed by atoms with Gasteiger partial charge in [0.25, 0.3) is 5.78 Å². The molecule has 122 valence electrons. The van der Waals surface area contributed by atoms with Crippen LogP contribution < -0.4 is 0 Å². The molecular formula is C17H10F3NO3. The summed E-state index contributed by atoms with van der Waals surface area (Å²) in [4.78, 5) is 32.1. The molecule has 0 aliphatic rings.